The Kier molecular flexibility index (Phi) is 6.42. The van der Waals surface area contributed by atoms with Gasteiger partial charge in [0.2, 0.25) is 0 Å². The second kappa shape index (κ2) is 10.7. The lowest BCUT2D eigenvalue weighted by Crippen LogP contribution is -2.10. The van der Waals surface area contributed by atoms with Crippen LogP contribution in [0, 0.1) is 0 Å². The molecule has 2 nitrogen and oxygen atoms in total. The van der Waals surface area contributed by atoms with Crippen LogP contribution >= 0.6 is 0 Å². The van der Waals surface area contributed by atoms with Crippen LogP contribution in [-0.2, 0) is 0 Å². The molecule has 41 heavy (non-hydrogen) atoms. The minimum absolute atomic E-state index is 1.07. The summed E-state index contributed by atoms with van der Waals surface area (Å²) in [5, 5.41) is 8.56. The summed E-state index contributed by atoms with van der Waals surface area (Å²) in [4.78, 5) is 2.31. The van der Waals surface area contributed by atoms with Crippen molar-refractivity contribution in [2.24, 2.45) is 0 Å². The van der Waals surface area contributed by atoms with E-state index < -0.39 is 0 Å². The van der Waals surface area contributed by atoms with E-state index in [0.717, 1.165) is 17.1 Å². The zero-order valence-corrected chi connectivity index (χ0v) is 23.0. The van der Waals surface area contributed by atoms with Gasteiger partial charge in [0.1, 0.15) is 0 Å². The van der Waals surface area contributed by atoms with E-state index in [-0.39, 0.29) is 0 Å². The molecule has 7 aromatic rings. The van der Waals surface area contributed by atoms with E-state index in [1.165, 1.54) is 49.5 Å². The van der Waals surface area contributed by atoms with Crippen LogP contribution in [-0.4, -0.2) is 7.05 Å². The van der Waals surface area contributed by atoms with Crippen molar-refractivity contribution >= 4 is 44.3 Å². The maximum atomic E-state index is 3.53. The Morgan fingerprint density at radius 1 is 0.415 bits per heavy atom. The number of nitrogens with one attached hydrogen (secondary N) is 1. The molecule has 0 saturated heterocycles. The number of fused-ring (bicyclic) bond motifs is 2. The molecule has 0 spiro atoms. The van der Waals surface area contributed by atoms with Gasteiger partial charge in [-0.25, -0.2) is 0 Å². The Morgan fingerprint density at radius 2 is 0.829 bits per heavy atom. The molecule has 0 aliphatic rings. The van der Waals surface area contributed by atoms with Crippen molar-refractivity contribution < 1.29 is 0 Å². The van der Waals surface area contributed by atoms with Gasteiger partial charge < -0.3 is 10.2 Å². The first-order valence-corrected chi connectivity index (χ1v) is 14.0. The lowest BCUT2D eigenvalue weighted by atomic mass is 9.99. The molecule has 0 radical (unpaired) electrons. The highest BCUT2D eigenvalue weighted by molar-refractivity contribution is 6.12. The van der Waals surface area contributed by atoms with Crippen LogP contribution in [0.4, 0.5) is 22.7 Å². The van der Waals surface area contributed by atoms with Gasteiger partial charge in [-0.15, -0.1) is 0 Å². The average Bonchev–Trinajstić information content (AvgIpc) is 3.04. The molecule has 7 aromatic carbocycles. The molecule has 0 heterocycles. The van der Waals surface area contributed by atoms with Crippen molar-refractivity contribution in [2.45, 2.75) is 0 Å². The summed E-state index contributed by atoms with van der Waals surface area (Å²) in [6.45, 7) is 0. The molecule has 0 aliphatic carbocycles. The number of hydrogen-bond acceptors (Lipinski definition) is 2. The Hall–Kier alpha value is -5.34. The van der Waals surface area contributed by atoms with Gasteiger partial charge in [0.25, 0.3) is 0 Å². The Morgan fingerprint density at radius 3 is 1.34 bits per heavy atom. The summed E-state index contributed by atoms with van der Waals surface area (Å²) in [7, 11) is 2.16. The van der Waals surface area contributed by atoms with Crippen LogP contribution in [0.3, 0.4) is 0 Å². The maximum Gasteiger partial charge on any atom is 0.0567 e. The molecular weight excluding hydrogens is 496 g/mol. The number of anilines is 4. The van der Waals surface area contributed by atoms with Gasteiger partial charge >= 0.3 is 0 Å². The number of nitrogens with zero attached hydrogens (tertiary/aromatic N) is 1. The maximum absolute atomic E-state index is 3.53. The normalized spacial score (nSPS) is 11.0. The van der Waals surface area contributed by atoms with Gasteiger partial charge in [-0.1, -0.05) is 115 Å². The molecule has 196 valence electrons. The van der Waals surface area contributed by atoms with Crippen molar-refractivity contribution in [2.75, 3.05) is 17.3 Å². The minimum atomic E-state index is 1.07. The third-order valence-corrected chi connectivity index (χ3v) is 7.83. The summed E-state index contributed by atoms with van der Waals surface area (Å²) < 4.78 is 0. The van der Waals surface area contributed by atoms with Crippen LogP contribution in [0.15, 0.2) is 158 Å². The fourth-order valence-corrected chi connectivity index (χ4v) is 5.65. The molecular formula is C39H30N2. The molecule has 1 N–H and O–H groups in total. The van der Waals surface area contributed by atoms with E-state index in [9.17, 15) is 0 Å². The smallest absolute Gasteiger partial charge is 0.0567 e. The topological polar surface area (TPSA) is 15.3 Å². The third kappa shape index (κ3) is 4.92. The van der Waals surface area contributed by atoms with Crippen molar-refractivity contribution in [1.29, 1.82) is 0 Å². The third-order valence-electron chi connectivity index (χ3n) is 7.83. The summed E-state index contributed by atoms with van der Waals surface area (Å²) >= 11 is 0. The molecule has 0 saturated carbocycles. The Bertz CT molecular complexity index is 1890. The van der Waals surface area contributed by atoms with Crippen LogP contribution in [0.25, 0.3) is 43.8 Å². The van der Waals surface area contributed by atoms with Gasteiger partial charge in [0, 0.05) is 34.9 Å². The minimum Gasteiger partial charge on any atom is -0.356 e. The molecule has 0 fully saturated rings. The number of rotatable bonds is 6. The molecule has 0 amide bonds. The Labute approximate surface area is 241 Å². The molecule has 0 aromatic heterocycles. The van der Waals surface area contributed by atoms with Crippen molar-refractivity contribution in [1.82, 2.24) is 0 Å². The highest BCUT2D eigenvalue weighted by atomic mass is 15.1. The number of benzene rings is 7. The summed E-state index contributed by atoms with van der Waals surface area (Å²) in [6, 6.07) is 56.1. The van der Waals surface area contributed by atoms with Crippen molar-refractivity contribution in [3.63, 3.8) is 0 Å². The van der Waals surface area contributed by atoms with Gasteiger partial charge in [-0.05, 0) is 75.5 Å². The molecule has 2 heteroatoms. The van der Waals surface area contributed by atoms with E-state index in [1.807, 2.05) is 6.07 Å². The monoisotopic (exact) mass is 526 g/mol. The highest BCUT2D eigenvalue weighted by Gasteiger charge is 2.13. The SMILES string of the molecule is CN(c1ccc(-c2ccc(Nc3ccc(-c4ccccc4)cc3)cc2)cc1)c1c2ccccc2cc2ccccc12. The molecule has 0 bridgehead atoms. The van der Waals surface area contributed by atoms with Crippen LogP contribution in [0.2, 0.25) is 0 Å². The first-order chi connectivity index (χ1) is 20.2. The zero-order chi connectivity index (χ0) is 27.6. The lowest BCUT2D eigenvalue weighted by molar-refractivity contribution is 1.23. The number of hydrogen-bond donors (Lipinski definition) is 1. The summed E-state index contributed by atoms with van der Waals surface area (Å²) in [5.41, 5.74) is 9.38. The molecule has 0 atom stereocenters. The fraction of sp³-hybridized carbons (Fsp3) is 0.0256. The van der Waals surface area contributed by atoms with E-state index in [1.54, 1.807) is 0 Å². The fourth-order valence-electron chi connectivity index (χ4n) is 5.65. The van der Waals surface area contributed by atoms with Crippen molar-refractivity contribution in [3.8, 4) is 22.3 Å². The summed E-state index contributed by atoms with van der Waals surface area (Å²) in [6.07, 6.45) is 0. The van der Waals surface area contributed by atoms with E-state index in [2.05, 4.69) is 169 Å². The van der Waals surface area contributed by atoms with Gasteiger partial charge in [-0.2, -0.15) is 0 Å². The standard InChI is InChI=1S/C39H30N2/c1-41(39-37-13-7-5-11-32(37)27-33-12-6-8-14-38(33)39)36-25-19-31(20-26-36)30-17-23-35(24-18-30)40-34-21-15-29(16-22-34)28-9-3-2-4-10-28/h2-27,40H,1H3. The van der Waals surface area contributed by atoms with Crippen molar-refractivity contribution in [3.05, 3.63) is 158 Å². The van der Waals surface area contributed by atoms with Crippen LogP contribution in [0.5, 0.6) is 0 Å². The largest absolute Gasteiger partial charge is 0.356 e. The van der Waals surface area contributed by atoms with E-state index in [0.29, 0.717) is 0 Å². The predicted octanol–water partition coefficient (Wildman–Crippen LogP) is 10.8. The Balaban J connectivity index is 1.10. The second-order valence-electron chi connectivity index (χ2n) is 10.4. The zero-order valence-electron chi connectivity index (χ0n) is 23.0. The highest BCUT2D eigenvalue weighted by Crippen LogP contribution is 2.38. The van der Waals surface area contributed by atoms with Gasteiger partial charge in [0.15, 0.2) is 0 Å². The van der Waals surface area contributed by atoms with Crippen LogP contribution in [0.1, 0.15) is 0 Å². The molecule has 7 rings (SSSR count). The average molecular weight is 527 g/mol. The van der Waals surface area contributed by atoms with Crippen LogP contribution < -0.4 is 10.2 Å². The summed E-state index contributed by atoms with van der Waals surface area (Å²) in [5.74, 6) is 0. The molecule has 0 aliphatic heterocycles. The first kappa shape index (κ1) is 24.7. The predicted molar refractivity (Wildman–Crippen MR) is 177 cm³/mol. The van der Waals surface area contributed by atoms with Gasteiger partial charge in [-0.3, -0.25) is 0 Å². The van der Waals surface area contributed by atoms with E-state index in [4.69, 9.17) is 0 Å². The van der Waals surface area contributed by atoms with Gasteiger partial charge in [0.05, 0.1) is 5.69 Å². The quantitative estimate of drug-likeness (QED) is 0.217. The second-order valence-corrected chi connectivity index (χ2v) is 10.4. The lowest BCUT2D eigenvalue weighted by Gasteiger charge is -2.24. The molecule has 0 unspecified atom stereocenters. The van der Waals surface area contributed by atoms with E-state index >= 15 is 0 Å². The first-order valence-electron chi connectivity index (χ1n) is 14.0.